The zero-order valence-corrected chi connectivity index (χ0v) is 14.2. The van der Waals surface area contributed by atoms with Crippen molar-refractivity contribution in [3.8, 4) is 22.8 Å². The first-order chi connectivity index (χ1) is 12.8. The van der Waals surface area contributed by atoms with Crippen LogP contribution in [0.15, 0.2) is 40.9 Å². The SMILES string of the molecule is CN(C)c1ccc(-c2nc(-c3ccc(C(=O)O)c(F)c3)no2)cc1[N+](=O)[O-]. The average molecular weight is 372 g/mol. The van der Waals surface area contributed by atoms with Crippen molar-refractivity contribution < 1.29 is 23.7 Å². The lowest BCUT2D eigenvalue weighted by molar-refractivity contribution is -0.384. The minimum absolute atomic E-state index is 0.0149. The molecule has 0 bridgehead atoms. The predicted octanol–water partition coefficient (Wildman–Crippen LogP) is 3.22. The fraction of sp³-hybridized carbons (Fsp3) is 0.118. The van der Waals surface area contributed by atoms with Crippen LogP contribution in [0.4, 0.5) is 15.8 Å². The van der Waals surface area contributed by atoms with Crippen LogP contribution in [0.3, 0.4) is 0 Å². The first-order valence-electron chi connectivity index (χ1n) is 7.61. The van der Waals surface area contributed by atoms with Crippen LogP contribution in [0.5, 0.6) is 0 Å². The number of aromatic carboxylic acids is 1. The summed E-state index contributed by atoms with van der Waals surface area (Å²) in [5.74, 6) is -2.28. The van der Waals surface area contributed by atoms with Gasteiger partial charge in [-0.2, -0.15) is 4.98 Å². The molecule has 1 aromatic heterocycles. The molecule has 0 aliphatic carbocycles. The number of carboxylic acid groups (broad SMARTS) is 1. The Labute approximate surface area is 151 Å². The number of hydrogen-bond donors (Lipinski definition) is 1. The Morgan fingerprint density at radius 2 is 1.93 bits per heavy atom. The van der Waals surface area contributed by atoms with E-state index in [1.54, 1.807) is 31.1 Å². The smallest absolute Gasteiger partial charge is 0.338 e. The Hall–Kier alpha value is -3.82. The molecule has 1 heterocycles. The van der Waals surface area contributed by atoms with Gasteiger partial charge in [0.2, 0.25) is 5.82 Å². The number of nitro benzene ring substituents is 1. The standard InChI is InChI=1S/C17H13FN4O5/c1-21(2)13-6-4-10(8-14(13)22(25)26)16-19-15(20-27-16)9-3-5-11(17(23)24)12(18)7-9/h3-8H,1-2H3,(H,23,24). The van der Waals surface area contributed by atoms with E-state index in [4.69, 9.17) is 9.63 Å². The largest absolute Gasteiger partial charge is 0.478 e. The van der Waals surface area contributed by atoms with Crippen LogP contribution in [0.2, 0.25) is 0 Å². The third kappa shape index (κ3) is 3.45. The van der Waals surface area contributed by atoms with Crippen molar-refractivity contribution in [3.63, 3.8) is 0 Å². The highest BCUT2D eigenvalue weighted by atomic mass is 19.1. The molecule has 0 saturated carbocycles. The summed E-state index contributed by atoms with van der Waals surface area (Å²) in [5.41, 5.74) is 0.349. The zero-order valence-electron chi connectivity index (χ0n) is 14.2. The molecule has 2 aromatic carbocycles. The maximum Gasteiger partial charge on any atom is 0.338 e. The van der Waals surface area contributed by atoms with E-state index in [0.29, 0.717) is 11.3 Å². The number of benzene rings is 2. The van der Waals surface area contributed by atoms with E-state index >= 15 is 0 Å². The molecular weight excluding hydrogens is 359 g/mol. The summed E-state index contributed by atoms with van der Waals surface area (Å²) in [6.45, 7) is 0. The van der Waals surface area contributed by atoms with Gasteiger partial charge >= 0.3 is 5.97 Å². The van der Waals surface area contributed by atoms with Crippen LogP contribution in [0.25, 0.3) is 22.8 Å². The molecule has 27 heavy (non-hydrogen) atoms. The van der Waals surface area contributed by atoms with Crippen molar-refractivity contribution in [2.24, 2.45) is 0 Å². The van der Waals surface area contributed by atoms with E-state index in [9.17, 15) is 19.3 Å². The molecule has 0 spiro atoms. The third-order valence-corrected chi connectivity index (χ3v) is 3.78. The maximum atomic E-state index is 13.8. The molecular formula is C17H13FN4O5. The van der Waals surface area contributed by atoms with E-state index in [2.05, 4.69) is 10.1 Å². The monoisotopic (exact) mass is 372 g/mol. The molecule has 0 saturated heterocycles. The fourth-order valence-corrected chi connectivity index (χ4v) is 2.47. The van der Waals surface area contributed by atoms with E-state index < -0.39 is 22.3 Å². The number of anilines is 1. The van der Waals surface area contributed by atoms with Crippen LogP contribution in [-0.2, 0) is 0 Å². The molecule has 9 nitrogen and oxygen atoms in total. The minimum Gasteiger partial charge on any atom is -0.478 e. The predicted molar refractivity (Wildman–Crippen MR) is 93.1 cm³/mol. The Morgan fingerprint density at radius 3 is 2.52 bits per heavy atom. The highest BCUT2D eigenvalue weighted by Gasteiger charge is 2.20. The molecule has 1 N–H and O–H groups in total. The van der Waals surface area contributed by atoms with Gasteiger partial charge in [0, 0.05) is 31.3 Å². The van der Waals surface area contributed by atoms with Crippen LogP contribution in [0.1, 0.15) is 10.4 Å². The van der Waals surface area contributed by atoms with Crippen molar-refractivity contribution in [2.75, 3.05) is 19.0 Å². The normalized spacial score (nSPS) is 10.6. The second-order valence-electron chi connectivity index (χ2n) is 5.78. The lowest BCUT2D eigenvalue weighted by atomic mass is 10.1. The number of hydrogen-bond acceptors (Lipinski definition) is 7. The number of halogens is 1. The fourth-order valence-electron chi connectivity index (χ4n) is 2.47. The van der Waals surface area contributed by atoms with Gasteiger partial charge in [-0.1, -0.05) is 5.16 Å². The minimum atomic E-state index is -1.39. The van der Waals surface area contributed by atoms with Crippen LogP contribution >= 0.6 is 0 Å². The highest BCUT2D eigenvalue weighted by Crippen LogP contribution is 2.32. The van der Waals surface area contributed by atoms with Gasteiger partial charge in [-0.15, -0.1) is 0 Å². The second-order valence-corrected chi connectivity index (χ2v) is 5.78. The van der Waals surface area contributed by atoms with Crippen LogP contribution < -0.4 is 4.90 Å². The highest BCUT2D eigenvalue weighted by molar-refractivity contribution is 5.88. The van der Waals surface area contributed by atoms with E-state index in [-0.39, 0.29) is 23.0 Å². The van der Waals surface area contributed by atoms with Crippen LogP contribution in [0, 0.1) is 15.9 Å². The number of rotatable bonds is 5. The summed E-state index contributed by atoms with van der Waals surface area (Å²) in [7, 11) is 3.37. The summed E-state index contributed by atoms with van der Waals surface area (Å²) in [4.78, 5) is 27.4. The molecule has 0 unspecified atom stereocenters. The van der Waals surface area contributed by atoms with Gasteiger partial charge < -0.3 is 14.5 Å². The number of aromatic nitrogens is 2. The summed E-state index contributed by atoms with van der Waals surface area (Å²) in [6.07, 6.45) is 0. The van der Waals surface area contributed by atoms with E-state index in [0.717, 1.165) is 12.1 Å². The third-order valence-electron chi connectivity index (χ3n) is 3.78. The van der Waals surface area contributed by atoms with Gasteiger partial charge in [0.25, 0.3) is 11.6 Å². The van der Waals surface area contributed by atoms with Crippen molar-refractivity contribution in [1.29, 1.82) is 0 Å². The molecule has 3 rings (SSSR count). The zero-order chi connectivity index (χ0) is 19.7. The lowest BCUT2D eigenvalue weighted by Crippen LogP contribution is -2.10. The first kappa shape index (κ1) is 18.0. The average Bonchev–Trinajstić information content (AvgIpc) is 3.10. The van der Waals surface area contributed by atoms with E-state index in [1.165, 1.54) is 12.1 Å². The van der Waals surface area contributed by atoms with Crippen molar-refractivity contribution in [3.05, 3.63) is 57.9 Å². The quantitative estimate of drug-likeness (QED) is 0.535. The molecule has 3 aromatic rings. The van der Waals surface area contributed by atoms with Gasteiger partial charge in [0.05, 0.1) is 10.5 Å². The molecule has 0 fully saturated rings. The van der Waals surface area contributed by atoms with Crippen molar-refractivity contribution in [2.45, 2.75) is 0 Å². The Morgan fingerprint density at radius 1 is 1.22 bits per heavy atom. The number of nitrogens with zero attached hydrogens (tertiary/aromatic N) is 4. The topological polar surface area (TPSA) is 123 Å². The molecule has 0 atom stereocenters. The Balaban J connectivity index is 1.99. The molecule has 0 radical (unpaired) electrons. The summed E-state index contributed by atoms with van der Waals surface area (Å²) in [5, 5.41) is 23.9. The van der Waals surface area contributed by atoms with E-state index in [1.807, 2.05) is 0 Å². The van der Waals surface area contributed by atoms with Crippen molar-refractivity contribution >= 4 is 17.3 Å². The summed E-state index contributed by atoms with van der Waals surface area (Å²) in [6, 6.07) is 7.88. The van der Waals surface area contributed by atoms with Gasteiger partial charge in [-0.25, -0.2) is 9.18 Å². The van der Waals surface area contributed by atoms with Gasteiger partial charge in [-0.3, -0.25) is 10.1 Å². The summed E-state index contributed by atoms with van der Waals surface area (Å²) >= 11 is 0. The van der Waals surface area contributed by atoms with Gasteiger partial charge in [0.1, 0.15) is 11.5 Å². The summed E-state index contributed by atoms with van der Waals surface area (Å²) < 4.78 is 19.0. The molecule has 138 valence electrons. The number of nitro groups is 1. The lowest BCUT2D eigenvalue weighted by Gasteiger charge is -2.12. The molecule has 0 amide bonds. The molecule has 0 aliphatic rings. The molecule has 10 heteroatoms. The van der Waals surface area contributed by atoms with Crippen LogP contribution in [-0.4, -0.2) is 40.2 Å². The number of carboxylic acids is 1. The Kier molecular flexibility index (Phi) is 4.55. The molecule has 0 aliphatic heterocycles. The van der Waals surface area contributed by atoms with Gasteiger partial charge in [0.15, 0.2) is 0 Å². The van der Waals surface area contributed by atoms with Gasteiger partial charge in [-0.05, 0) is 30.3 Å². The second kappa shape index (κ2) is 6.83. The van der Waals surface area contributed by atoms with Crippen molar-refractivity contribution in [1.82, 2.24) is 10.1 Å². The first-order valence-corrected chi connectivity index (χ1v) is 7.61. The maximum absolute atomic E-state index is 13.8. The number of carbonyl (C=O) groups is 1. The Bertz CT molecular complexity index is 1050.